The molecule has 1 aliphatic heterocycles. The number of nitro benzene ring substituents is 1. The van der Waals surface area contributed by atoms with Crippen LogP contribution in [0, 0.1) is 10.1 Å². The van der Waals surface area contributed by atoms with Crippen LogP contribution in [0.1, 0.15) is 12.0 Å². The van der Waals surface area contributed by atoms with Crippen molar-refractivity contribution in [1.82, 2.24) is 4.90 Å². The molecule has 0 radical (unpaired) electrons. The van der Waals surface area contributed by atoms with E-state index in [0.717, 1.165) is 17.9 Å². The van der Waals surface area contributed by atoms with Gasteiger partial charge >= 0.3 is 0 Å². The molecule has 1 fully saturated rings. The Kier molecular flexibility index (Phi) is 4.62. The molecule has 1 aliphatic rings. The van der Waals surface area contributed by atoms with E-state index in [4.69, 9.17) is 5.84 Å². The van der Waals surface area contributed by atoms with Gasteiger partial charge in [0.15, 0.2) is 0 Å². The number of hydrogen-bond acceptors (Lipinski definition) is 6. The fourth-order valence-electron chi connectivity index (χ4n) is 2.24. The van der Waals surface area contributed by atoms with E-state index in [1.54, 1.807) is 12.1 Å². The molecular formula is C12H18N4O2S. The second-order valence-corrected chi connectivity index (χ2v) is 5.84. The first-order valence-corrected chi connectivity index (χ1v) is 7.29. The number of rotatable bonds is 5. The summed E-state index contributed by atoms with van der Waals surface area (Å²) in [5.74, 6) is 7.71. The van der Waals surface area contributed by atoms with Crippen LogP contribution in [0.4, 0.5) is 11.4 Å². The average molecular weight is 282 g/mol. The summed E-state index contributed by atoms with van der Waals surface area (Å²) in [5.41, 5.74) is 3.78. The van der Waals surface area contributed by atoms with Gasteiger partial charge in [-0.2, -0.15) is 11.8 Å². The van der Waals surface area contributed by atoms with Gasteiger partial charge in [-0.05, 0) is 30.9 Å². The lowest BCUT2D eigenvalue weighted by Gasteiger charge is -2.23. The van der Waals surface area contributed by atoms with E-state index in [-0.39, 0.29) is 5.69 Å². The molecule has 0 aliphatic carbocycles. The van der Waals surface area contributed by atoms with Crippen molar-refractivity contribution in [2.75, 3.05) is 24.0 Å². The normalized spacial score (nSPS) is 18.8. The van der Waals surface area contributed by atoms with E-state index >= 15 is 0 Å². The molecule has 1 unspecified atom stereocenters. The Hall–Kier alpha value is -1.31. The van der Waals surface area contributed by atoms with Crippen LogP contribution in [0.25, 0.3) is 0 Å². The van der Waals surface area contributed by atoms with Crippen molar-refractivity contribution in [3.05, 3.63) is 33.9 Å². The zero-order valence-electron chi connectivity index (χ0n) is 10.8. The molecule has 1 aromatic rings. The summed E-state index contributed by atoms with van der Waals surface area (Å²) in [7, 11) is 2.09. The minimum absolute atomic E-state index is 0.00493. The van der Waals surface area contributed by atoms with Crippen LogP contribution >= 0.6 is 11.8 Å². The number of nitrogens with zero attached hydrogens (tertiary/aromatic N) is 2. The molecule has 0 aromatic heterocycles. The molecule has 0 saturated carbocycles. The summed E-state index contributed by atoms with van der Waals surface area (Å²) >= 11 is 1.97. The standard InChI is InChI=1S/C12H18N4O2S/c1-15(10-4-5-19-8-10)7-9-2-3-12(16(17)18)11(6-9)14-13/h2-3,6,10,14H,4-5,7-8,13H2,1H3. The molecule has 1 atom stereocenters. The fraction of sp³-hybridized carbons (Fsp3) is 0.500. The molecule has 1 aromatic carbocycles. The number of nitrogen functional groups attached to an aromatic ring is 1. The number of nitrogens with one attached hydrogen (secondary N) is 1. The maximum Gasteiger partial charge on any atom is 0.293 e. The molecule has 2 rings (SSSR count). The van der Waals surface area contributed by atoms with Gasteiger partial charge in [-0.1, -0.05) is 6.07 Å². The van der Waals surface area contributed by atoms with Crippen LogP contribution in [0.2, 0.25) is 0 Å². The average Bonchev–Trinajstić information content (AvgIpc) is 2.92. The zero-order valence-corrected chi connectivity index (χ0v) is 11.7. The Labute approximate surface area is 116 Å². The molecule has 0 amide bonds. The molecule has 0 spiro atoms. The first-order chi connectivity index (χ1) is 9.11. The van der Waals surface area contributed by atoms with Gasteiger partial charge in [0.2, 0.25) is 0 Å². The SMILES string of the molecule is CN(Cc1ccc([N+](=O)[O-])c(NN)c1)C1CCSC1. The number of hydrogen-bond donors (Lipinski definition) is 2. The van der Waals surface area contributed by atoms with Crippen LogP contribution in [0.15, 0.2) is 18.2 Å². The Morgan fingerprint density at radius 2 is 2.42 bits per heavy atom. The van der Waals surface area contributed by atoms with E-state index in [1.165, 1.54) is 18.2 Å². The predicted molar refractivity (Wildman–Crippen MR) is 78.1 cm³/mol. The van der Waals surface area contributed by atoms with Crippen molar-refractivity contribution in [2.24, 2.45) is 5.84 Å². The Bertz CT molecular complexity index is 463. The van der Waals surface area contributed by atoms with Crippen molar-refractivity contribution >= 4 is 23.1 Å². The zero-order chi connectivity index (χ0) is 13.8. The monoisotopic (exact) mass is 282 g/mol. The van der Waals surface area contributed by atoms with Gasteiger partial charge in [-0.3, -0.25) is 20.9 Å². The number of anilines is 1. The first kappa shape index (κ1) is 14.1. The van der Waals surface area contributed by atoms with Gasteiger partial charge in [0.05, 0.1) is 4.92 Å². The molecule has 6 nitrogen and oxygen atoms in total. The van der Waals surface area contributed by atoms with Gasteiger partial charge in [0.25, 0.3) is 5.69 Å². The van der Waals surface area contributed by atoms with E-state index in [2.05, 4.69) is 17.4 Å². The summed E-state index contributed by atoms with van der Waals surface area (Å²) in [6, 6.07) is 5.63. The third-order valence-corrected chi connectivity index (χ3v) is 4.52. The topological polar surface area (TPSA) is 84.4 Å². The highest BCUT2D eigenvalue weighted by molar-refractivity contribution is 7.99. The molecular weight excluding hydrogens is 264 g/mol. The number of thioether (sulfide) groups is 1. The molecule has 0 bridgehead atoms. The van der Waals surface area contributed by atoms with Gasteiger partial charge < -0.3 is 5.43 Å². The highest BCUT2D eigenvalue weighted by atomic mass is 32.2. The highest BCUT2D eigenvalue weighted by Gasteiger charge is 2.21. The van der Waals surface area contributed by atoms with Crippen LogP contribution < -0.4 is 11.3 Å². The van der Waals surface area contributed by atoms with Crippen molar-refractivity contribution < 1.29 is 4.92 Å². The Morgan fingerprint density at radius 1 is 1.63 bits per heavy atom. The van der Waals surface area contributed by atoms with Crippen molar-refractivity contribution in [3.63, 3.8) is 0 Å². The third-order valence-electron chi connectivity index (χ3n) is 3.37. The lowest BCUT2D eigenvalue weighted by molar-refractivity contribution is -0.384. The number of hydrazine groups is 1. The van der Waals surface area contributed by atoms with Crippen LogP contribution in [0.5, 0.6) is 0 Å². The number of nitrogens with two attached hydrogens (primary N) is 1. The van der Waals surface area contributed by atoms with Crippen molar-refractivity contribution in [1.29, 1.82) is 0 Å². The minimum Gasteiger partial charge on any atom is -0.318 e. The molecule has 7 heteroatoms. The molecule has 1 heterocycles. The summed E-state index contributed by atoms with van der Waals surface area (Å²) in [4.78, 5) is 12.7. The lowest BCUT2D eigenvalue weighted by atomic mass is 10.1. The van der Waals surface area contributed by atoms with E-state index in [1.807, 2.05) is 11.8 Å². The van der Waals surface area contributed by atoms with Crippen LogP contribution in [-0.4, -0.2) is 34.4 Å². The second kappa shape index (κ2) is 6.23. The second-order valence-electron chi connectivity index (χ2n) is 4.69. The van der Waals surface area contributed by atoms with Gasteiger partial charge in [0.1, 0.15) is 5.69 Å². The maximum atomic E-state index is 10.8. The van der Waals surface area contributed by atoms with Gasteiger partial charge in [0, 0.05) is 24.4 Å². The predicted octanol–water partition coefficient (Wildman–Crippen LogP) is 1.82. The number of nitro groups is 1. The smallest absolute Gasteiger partial charge is 0.293 e. The largest absolute Gasteiger partial charge is 0.318 e. The van der Waals surface area contributed by atoms with E-state index in [0.29, 0.717) is 11.7 Å². The minimum atomic E-state index is -0.434. The first-order valence-electron chi connectivity index (χ1n) is 6.13. The third kappa shape index (κ3) is 3.37. The molecule has 104 valence electrons. The Balaban J connectivity index is 2.10. The van der Waals surface area contributed by atoms with Crippen LogP contribution in [0.3, 0.4) is 0 Å². The van der Waals surface area contributed by atoms with Crippen molar-refractivity contribution in [3.8, 4) is 0 Å². The van der Waals surface area contributed by atoms with Gasteiger partial charge in [-0.15, -0.1) is 0 Å². The summed E-state index contributed by atoms with van der Waals surface area (Å²) < 4.78 is 0. The Morgan fingerprint density at radius 3 is 3.00 bits per heavy atom. The number of benzene rings is 1. The molecule has 1 saturated heterocycles. The highest BCUT2D eigenvalue weighted by Crippen LogP contribution is 2.27. The quantitative estimate of drug-likeness (QED) is 0.487. The van der Waals surface area contributed by atoms with Gasteiger partial charge in [-0.25, -0.2) is 0 Å². The summed E-state index contributed by atoms with van der Waals surface area (Å²) in [5, 5.41) is 10.8. The van der Waals surface area contributed by atoms with E-state index < -0.39 is 4.92 Å². The van der Waals surface area contributed by atoms with Crippen LogP contribution in [-0.2, 0) is 6.54 Å². The summed E-state index contributed by atoms with van der Waals surface area (Å²) in [6.45, 7) is 0.776. The lowest BCUT2D eigenvalue weighted by Crippen LogP contribution is -2.30. The van der Waals surface area contributed by atoms with E-state index in [9.17, 15) is 10.1 Å². The molecule has 3 N–H and O–H groups in total. The van der Waals surface area contributed by atoms with Crippen molar-refractivity contribution in [2.45, 2.75) is 19.0 Å². The molecule has 19 heavy (non-hydrogen) atoms. The maximum absolute atomic E-state index is 10.8. The fourth-order valence-corrected chi connectivity index (χ4v) is 3.54. The summed E-state index contributed by atoms with van der Waals surface area (Å²) in [6.07, 6.45) is 1.20.